The van der Waals surface area contributed by atoms with Crippen LogP contribution in [0.5, 0.6) is 5.75 Å². The van der Waals surface area contributed by atoms with Gasteiger partial charge < -0.3 is 46.3 Å². The minimum Gasteiger partial charge on any atom is -0.429 e. The number of nitrogens with zero attached hydrogens (tertiary/aromatic N) is 1. The van der Waals surface area contributed by atoms with Gasteiger partial charge in [-0.05, 0) is 82.0 Å². The Hall–Kier alpha value is -6.51. The molecular formula is C44H55N5O10. The number of nitro benzene ring substituents is 1. The zero-order chi connectivity index (χ0) is 44.5. The summed E-state index contributed by atoms with van der Waals surface area (Å²) >= 11 is 0. The Morgan fingerprint density at radius 2 is 1.69 bits per heavy atom. The number of amides is 1. The van der Waals surface area contributed by atoms with Gasteiger partial charge in [0.1, 0.15) is 37.3 Å². The number of allylic oxidation sites excluding steroid dienone is 3. The second-order valence-corrected chi connectivity index (χ2v) is 13.1. The number of nitrogens with two attached hydrogens (primary N) is 2. The predicted octanol–water partition coefficient (Wildman–Crippen LogP) is 5.53. The second kappa shape index (κ2) is 27.2. The number of ketones is 1. The molecule has 7 N–H and O–H groups in total. The van der Waals surface area contributed by atoms with Gasteiger partial charge in [0.2, 0.25) is 5.91 Å². The van der Waals surface area contributed by atoms with Crippen LogP contribution in [-0.4, -0.2) is 72.7 Å². The number of ether oxygens (including phenoxy) is 2. The molecule has 15 heteroatoms. The highest BCUT2D eigenvalue weighted by atomic mass is 16.7. The molecule has 0 saturated carbocycles. The van der Waals surface area contributed by atoms with Gasteiger partial charge in [-0.15, -0.1) is 5.73 Å². The topological polar surface area (TPSA) is 243 Å². The predicted molar refractivity (Wildman–Crippen MR) is 226 cm³/mol. The van der Waals surface area contributed by atoms with Crippen molar-refractivity contribution in [2.45, 2.75) is 77.7 Å². The molecule has 2 aliphatic rings. The minimum absolute atomic E-state index is 0.0737. The number of nitrogens with one attached hydrogen (secondary N) is 2. The molecule has 0 aromatic heterocycles. The Labute approximate surface area is 345 Å². The lowest BCUT2D eigenvalue weighted by Crippen LogP contribution is -2.39. The molecule has 316 valence electrons. The van der Waals surface area contributed by atoms with E-state index in [4.69, 9.17) is 30.8 Å². The van der Waals surface area contributed by atoms with Crippen molar-refractivity contribution in [3.63, 3.8) is 0 Å². The molecule has 4 atom stereocenters. The molecule has 59 heavy (non-hydrogen) atoms. The Balaban J connectivity index is 0.000000406. The largest absolute Gasteiger partial charge is 0.514 e. The number of nitro groups is 1. The van der Waals surface area contributed by atoms with Crippen molar-refractivity contribution in [2.24, 2.45) is 11.5 Å². The van der Waals surface area contributed by atoms with E-state index in [9.17, 15) is 29.3 Å². The number of aliphatic hydroxyl groups is 1. The molecule has 3 unspecified atom stereocenters. The van der Waals surface area contributed by atoms with Crippen LogP contribution in [-0.2, 0) is 30.5 Å². The number of non-ortho nitro benzene ring substituents is 1. The number of aldehydes is 1. The molecule has 1 amide bonds. The second-order valence-electron chi connectivity index (χ2n) is 13.1. The van der Waals surface area contributed by atoms with Gasteiger partial charge in [-0.25, -0.2) is 4.79 Å². The molecule has 15 nitrogen and oxygen atoms in total. The summed E-state index contributed by atoms with van der Waals surface area (Å²) in [5, 5.41) is 24.2. The van der Waals surface area contributed by atoms with Crippen molar-refractivity contribution in [1.82, 2.24) is 10.6 Å². The monoisotopic (exact) mass is 813 g/mol. The Morgan fingerprint density at radius 3 is 2.22 bits per heavy atom. The van der Waals surface area contributed by atoms with Gasteiger partial charge in [-0.1, -0.05) is 78.4 Å². The van der Waals surface area contributed by atoms with Gasteiger partial charge in [0.05, 0.1) is 22.7 Å². The lowest BCUT2D eigenvalue weighted by molar-refractivity contribution is -0.384. The van der Waals surface area contributed by atoms with E-state index >= 15 is 0 Å². The maximum atomic E-state index is 11.5. The first-order chi connectivity index (χ1) is 28.1. The van der Waals surface area contributed by atoms with Gasteiger partial charge in [0.25, 0.3) is 5.69 Å². The van der Waals surface area contributed by atoms with Crippen LogP contribution >= 0.6 is 0 Å². The quantitative estimate of drug-likeness (QED) is 0.0378. The Kier molecular flexibility index (Phi) is 23.3. The summed E-state index contributed by atoms with van der Waals surface area (Å²) in [5.41, 5.74) is 22.1. The lowest BCUT2D eigenvalue weighted by Gasteiger charge is -2.15. The number of hydrogen-bond acceptors (Lipinski definition) is 13. The van der Waals surface area contributed by atoms with Crippen LogP contribution in [0.2, 0.25) is 0 Å². The summed E-state index contributed by atoms with van der Waals surface area (Å²) in [6.45, 7) is 12.6. The van der Waals surface area contributed by atoms with Crippen molar-refractivity contribution in [1.29, 1.82) is 0 Å². The molecule has 5 rings (SSSR count). The molecule has 0 aliphatic heterocycles. The third-order valence-corrected chi connectivity index (χ3v) is 8.66. The number of aliphatic hydroxyl groups excluding tert-OH is 1. The molecule has 2 aliphatic carbocycles. The van der Waals surface area contributed by atoms with Gasteiger partial charge in [0.15, 0.2) is 0 Å². The van der Waals surface area contributed by atoms with E-state index in [-0.39, 0.29) is 29.9 Å². The van der Waals surface area contributed by atoms with Crippen LogP contribution in [0.4, 0.5) is 10.5 Å². The van der Waals surface area contributed by atoms with Crippen LogP contribution in [0.25, 0.3) is 5.57 Å². The molecule has 0 spiro atoms. The van der Waals surface area contributed by atoms with E-state index < -0.39 is 29.1 Å². The average molecular weight is 814 g/mol. The molecule has 0 radical (unpaired) electrons. The summed E-state index contributed by atoms with van der Waals surface area (Å²) in [7, 11) is 1.72. The van der Waals surface area contributed by atoms with Gasteiger partial charge >= 0.3 is 6.16 Å². The number of Topliss-reactive ketones (excluding diaryl/α,β-unsaturated/α-hetero) is 1. The number of rotatable bonds is 12. The number of likely N-dealkylation sites (N-methyl/N-ethyl adjacent to an activating group) is 1. The number of carbonyl (C=O) groups is 5. The highest BCUT2D eigenvalue weighted by Crippen LogP contribution is 2.45. The van der Waals surface area contributed by atoms with Crippen molar-refractivity contribution in [3.8, 4) is 5.75 Å². The van der Waals surface area contributed by atoms with Crippen molar-refractivity contribution < 1.29 is 43.5 Å². The van der Waals surface area contributed by atoms with Crippen LogP contribution in [0.15, 0.2) is 109 Å². The number of benzene rings is 3. The minimum atomic E-state index is -1.05. The fourth-order valence-electron chi connectivity index (χ4n) is 5.52. The lowest BCUT2D eigenvalue weighted by atomic mass is 9.91. The van der Waals surface area contributed by atoms with E-state index in [2.05, 4.69) is 59.4 Å². The maximum Gasteiger partial charge on any atom is 0.514 e. The summed E-state index contributed by atoms with van der Waals surface area (Å²) in [6, 6.07) is 20.7. The third-order valence-electron chi connectivity index (χ3n) is 8.66. The smallest absolute Gasteiger partial charge is 0.429 e. The molecule has 0 heterocycles. The Morgan fingerprint density at radius 1 is 1.07 bits per heavy atom. The van der Waals surface area contributed by atoms with E-state index in [0.29, 0.717) is 24.3 Å². The standard InChI is InChI=1S/C15H13NO5.C14H15N.C8H14N2O.C6H11NO3.CH2O/c1-11-2-4-12(5-3-11)10-20-15(17)21-14-8-6-13(7-9-14)16(18)19;15-9-14-12-7-3-1-5-10(12)11-6-2-4-8-13(11)14;1-4-7(9)5-8(10-3)6(2)11;1-4(3-8)7-6(10)5(2)9;1-2/h2-9H,10H2,1H3;1-3,5-7,14H,4,8-9,15H2;8,10H,1,5,9H2,2-3H3;3-5,9H,1-2H3,(H,7,10);1H2/t;;;4?,5-;/m...0./s1. The number of aryl methyl sites for hydroxylation is 1. The molecule has 3 aromatic carbocycles. The third kappa shape index (κ3) is 17.7. The number of carbonyl (C=O) groups excluding carboxylic acids is 5. The highest BCUT2D eigenvalue weighted by molar-refractivity contribution is 5.85. The molecule has 0 saturated heterocycles. The zero-order valence-corrected chi connectivity index (χ0v) is 34.1. The zero-order valence-electron chi connectivity index (χ0n) is 34.1. The summed E-state index contributed by atoms with van der Waals surface area (Å²) in [6.07, 6.45) is 6.07. The van der Waals surface area contributed by atoms with Crippen LogP contribution in [0.1, 0.15) is 68.2 Å². The van der Waals surface area contributed by atoms with Crippen molar-refractivity contribution in [3.05, 3.63) is 141 Å². The SMILES string of the molecule is C=C=C(N)CC(NC)C(C)=O.C=O.CC(C=O)NC(=O)[C@H](C)O.Cc1ccc(COC(=O)Oc2ccc([N+](=O)[O-])cc2)cc1.NCC1C2=C(C=CCC2)c2ccccc21. The van der Waals surface area contributed by atoms with Crippen molar-refractivity contribution in [2.75, 3.05) is 13.6 Å². The number of hydrogen-bond donors (Lipinski definition) is 5. The van der Waals surface area contributed by atoms with Gasteiger partial charge in [-0.2, -0.15) is 0 Å². The van der Waals surface area contributed by atoms with Crippen LogP contribution in [0.3, 0.4) is 0 Å². The van der Waals surface area contributed by atoms with Gasteiger partial charge in [0, 0.05) is 31.0 Å². The van der Waals surface area contributed by atoms with Crippen molar-refractivity contribution >= 4 is 42.2 Å². The first kappa shape index (κ1) is 50.5. The van der Waals surface area contributed by atoms with E-state index in [1.54, 1.807) is 12.6 Å². The fourth-order valence-corrected chi connectivity index (χ4v) is 5.52. The fraction of sp³-hybridized carbons (Fsp3) is 0.318. The molecule has 0 bridgehead atoms. The first-order valence-electron chi connectivity index (χ1n) is 18.5. The first-order valence-corrected chi connectivity index (χ1v) is 18.5. The van der Waals surface area contributed by atoms with E-state index in [1.807, 2.05) is 38.0 Å². The Bertz CT molecular complexity index is 1950. The van der Waals surface area contributed by atoms with E-state index in [1.165, 1.54) is 74.6 Å². The normalized spacial score (nSPS) is 14.3. The molecule has 3 aromatic rings. The highest BCUT2D eigenvalue weighted by Gasteiger charge is 2.29. The van der Waals surface area contributed by atoms with Gasteiger partial charge in [-0.3, -0.25) is 19.7 Å². The van der Waals surface area contributed by atoms with E-state index in [0.717, 1.165) is 17.7 Å². The summed E-state index contributed by atoms with van der Waals surface area (Å²) in [4.78, 5) is 60.9. The number of fused-ring (bicyclic) bond motifs is 2. The summed E-state index contributed by atoms with van der Waals surface area (Å²) < 4.78 is 9.87. The molecule has 0 fully saturated rings. The van der Waals surface area contributed by atoms with Crippen LogP contribution < -0.4 is 26.8 Å². The molecular weight excluding hydrogens is 759 g/mol. The van der Waals surface area contributed by atoms with Crippen LogP contribution in [0, 0.1) is 17.0 Å². The summed E-state index contributed by atoms with van der Waals surface area (Å²) in [5.74, 6) is 0.209. The maximum absolute atomic E-state index is 11.5. The average Bonchev–Trinajstić information content (AvgIpc) is 3.57.